The van der Waals surface area contributed by atoms with Gasteiger partial charge in [0, 0.05) is 6.20 Å². The van der Waals surface area contributed by atoms with Gasteiger partial charge in [-0.2, -0.15) is 0 Å². The summed E-state index contributed by atoms with van der Waals surface area (Å²) in [5.41, 5.74) is 1.02. The summed E-state index contributed by atoms with van der Waals surface area (Å²) < 4.78 is 0. The molecule has 6 nitrogen and oxygen atoms in total. The van der Waals surface area contributed by atoms with E-state index in [-0.39, 0.29) is 11.7 Å². The van der Waals surface area contributed by atoms with Crippen molar-refractivity contribution in [1.82, 2.24) is 20.2 Å². The highest BCUT2D eigenvalue weighted by molar-refractivity contribution is 6.00. The normalized spacial score (nSPS) is 10.1. The van der Waals surface area contributed by atoms with Crippen molar-refractivity contribution in [3.05, 3.63) is 35.5 Å². The molecule has 0 aliphatic rings. The second kappa shape index (κ2) is 4.09. The molecule has 0 unspecified atom stereocenters. The van der Waals surface area contributed by atoms with Gasteiger partial charge in [0.1, 0.15) is 11.6 Å². The number of carbonyl (C=O) groups is 1. The number of hydrogen-bond donors (Lipinski definition) is 2. The van der Waals surface area contributed by atoms with Crippen LogP contribution in [0.5, 0.6) is 0 Å². The number of amides is 1. The summed E-state index contributed by atoms with van der Waals surface area (Å²) in [5.74, 6) is 0.832. The third-order valence-corrected chi connectivity index (χ3v) is 1.96. The number of hydrogen-bond acceptors (Lipinski definition) is 4. The summed E-state index contributed by atoms with van der Waals surface area (Å²) in [6.45, 7) is 3.66. The SMILES string of the molecule is Cc1ccnc(NC(=O)c2n[nH]c(C)n2)c1. The van der Waals surface area contributed by atoms with Crippen LogP contribution in [0.25, 0.3) is 0 Å². The number of rotatable bonds is 2. The van der Waals surface area contributed by atoms with E-state index in [2.05, 4.69) is 25.5 Å². The lowest BCUT2D eigenvalue weighted by atomic mass is 10.3. The Labute approximate surface area is 92.1 Å². The number of aromatic amines is 1. The van der Waals surface area contributed by atoms with Crippen molar-refractivity contribution in [3.8, 4) is 0 Å². The first kappa shape index (κ1) is 10.3. The standard InChI is InChI=1S/C10H11N5O/c1-6-3-4-11-8(5-6)13-10(16)9-12-7(2)14-15-9/h3-5H,1-2H3,(H,11,13,16)(H,12,14,15). The third kappa shape index (κ3) is 2.22. The van der Waals surface area contributed by atoms with Crippen LogP contribution in [0.4, 0.5) is 5.82 Å². The minimum atomic E-state index is -0.373. The number of aromatic nitrogens is 4. The molecule has 2 aromatic rings. The highest BCUT2D eigenvalue weighted by atomic mass is 16.2. The van der Waals surface area contributed by atoms with Crippen LogP contribution in [0.3, 0.4) is 0 Å². The topological polar surface area (TPSA) is 83.6 Å². The molecule has 2 rings (SSSR count). The molecule has 0 saturated carbocycles. The molecule has 2 aromatic heterocycles. The van der Waals surface area contributed by atoms with Crippen molar-refractivity contribution in [2.24, 2.45) is 0 Å². The maximum atomic E-state index is 11.6. The molecular formula is C10H11N5O. The molecule has 0 radical (unpaired) electrons. The van der Waals surface area contributed by atoms with Gasteiger partial charge in [-0.25, -0.2) is 9.97 Å². The fourth-order valence-electron chi connectivity index (χ4n) is 1.22. The fourth-order valence-corrected chi connectivity index (χ4v) is 1.22. The molecule has 0 aliphatic carbocycles. The van der Waals surface area contributed by atoms with Crippen LogP contribution in [0.2, 0.25) is 0 Å². The van der Waals surface area contributed by atoms with Crippen molar-refractivity contribution < 1.29 is 4.79 Å². The number of H-pyrrole nitrogens is 1. The lowest BCUT2D eigenvalue weighted by Crippen LogP contribution is -2.14. The quantitative estimate of drug-likeness (QED) is 0.788. The highest BCUT2D eigenvalue weighted by Gasteiger charge is 2.11. The zero-order valence-corrected chi connectivity index (χ0v) is 8.98. The Bertz CT molecular complexity index is 519. The van der Waals surface area contributed by atoms with Crippen LogP contribution in [0.15, 0.2) is 18.3 Å². The molecule has 6 heteroatoms. The van der Waals surface area contributed by atoms with Crippen molar-refractivity contribution in [2.75, 3.05) is 5.32 Å². The van der Waals surface area contributed by atoms with Crippen LogP contribution in [-0.2, 0) is 0 Å². The molecule has 0 spiro atoms. The lowest BCUT2D eigenvalue weighted by molar-refractivity contribution is 0.101. The Morgan fingerprint density at radius 2 is 2.25 bits per heavy atom. The van der Waals surface area contributed by atoms with Gasteiger partial charge in [-0.15, -0.1) is 5.10 Å². The van der Waals surface area contributed by atoms with Crippen molar-refractivity contribution in [2.45, 2.75) is 13.8 Å². The van der Waals surface area contributed by atoms with Gasteiger partial charge in [-0.1, -0.05) is 0 Å². The molecule has 0 atom stereocenters. The first-order valence-corrected chi connectivity index (χ1v) is 4.78. The summed E-state index contributed by atoms with van der Waals surface area (Å²) >= 11 is 0. The predicted molar refractivity (Wildman–Crippen MR) is 58.0 cm³/mol. The van der Waals surface area contributed by atoms with Crippen LogP contribution in [0, 0.1) is 13.8 Å². The van der Waals surface area contributed by atoms with Gasteiger partial charge < -0.3 is 5.32 Å². The van der Waals surface area contributed by atoms with E-state index in [0.29, 0.717) is 11.6 Å². The Morgan fingerprint density at radius 1 is 1.44 bits per heavy atom. The third-order valence-electron chi connectivity index (χ3n) is 1.96. The lowest BCUT2D eigenvalue weighted by Gasteiger charge is -2.01. The number of nitrogens with one attached hydrogen (secondary N) is 2. The van der Waals surface area contributed by atoms with E-state index in [1.54, 1.807) is 19.2 Å². The number of nitrogens with zero attached hydrogens (tertiary/aromatic N) is 3. The van der Waals surface area contributed by atoms with Gasteiger partial charge in [0.05, 0.1) is 0 Å². The molecule has 0 bridgehead atoms. The zero-order chi connectivity index (χ0) is 11.5. The first-order chi connectivity index (χ1) is 7.65. The molecule has 0 aliphatic heterocycles. The van der Waals surface area contributed by atoms with E-state index >= 15 is 0 Å². The largest absolute Gasteiger partial charge is 0.304 e. The predicted octanol–water partition coefficient (Wildman–Crippen LogP) is 1.07. The van der Waals surface area contributed by atoms with Gasteiger partial charge in [0.2, 0.25) is 5.82 Å². The van der Waals surface area contributed by atoms with E-state index in [9.17, 15) is 4.79 Å². The molecule has 0 saturated heterocycles. The van der Waals surface area contributed by atoms with Gasteiger partial charge in [0.15, 0.2) is 0 Å². The monoisotopic (exact) mass is 217 g/mol. The van der Waals surface area contributed by atoms with Gasteiger partial charge in [0.25, 0.3) is 5.91 Å². The molecule has 82 valence electrons. The number of carbonyl (C=O) groups excluding carboxylic acids is 1. The summed E-state index contributed by atoms with van der Waals surface area (Å²) in [5, 5.41) is 8.98. The Balaban J connectivity index is 2.13. The second-order valence-corrected chi connectivity index (χ2v) is 3.42. The Hall–Kier alpha value is -2.24. The second-order valence-electron chi connectivity index (χ2n) is 3.42. The van der Waals surface area contributed by atoms with Gasteiger partial charge >= 0.3 is 0 Å². The maximum Gasteiger partial charge on any atom is 0.296 e. The van der Waals surface area contributed by atoms with Crippen molar-refractivity contribution in [3.63, 3.8) is 0 Å². The molecule has 2 heterocycles. The fraction of sp³-hybridized carbons (Fsp3) is 0.200. The molecule has 0 fully saturated rings. The minimum Gasteiger partial charge on any atom is -0.304 e. The summed E-state index contributed by atoms with van der Waals surface area (Å²) in [6.07, 6.45) is 1.63. The van der Waals surface area contributed by atoms with Gasteiger partial charge in [-0.05, 0) is 31.5 Å². The summed E-state index contributed by atoms with van der Waals surface area (Å²) in [7, 11) is 0. The van der Waals surface area contributed by atoms with Crippen LogP contribution in [0.1, 0.15) is 22.0 Å². The van der Waals surface area contributed by atoms with Crippen LogP contribution >= 0.6 is 0 Å². The first-order valence-electron chi connectivity index (χ1n) is 4.78. The molecule has 1 amide bonds. The van der Waals surface area contributed by atoms with E-state index < -0.39 is 0 Å². The maximum absolute atomic E-state index is 11.6. The van der Waals surface area contributed by atoms with Crippen molar-refractivity contribution >= 4 is 11.7 Å². The highest BCUT2D eigenvalue weighted by Crippen LogP contribution is 2.06. The summed E-state index contributed by atoms with van der Waals surface area (Å²) in [6, 6.07) is 3.63. The molecular weight excluding hydrogens is 206 g/mol. The smallest absolute Gasteiger partial charge is 0.296 e. The summed E-state index contributed by atoms with van der Waals surface area (Å²) in [4.78, 5) is 19.6. The average Bonchev–Trinajstić information content (AvgIpc) is 2.65. The number of aryl methyl sites for hydroxylation is 2. The van der Waals surface area contributed by atoms with Gasteiger partial charge in [-0.3, -0.25) is 9.89 Å². The van der Waals surface area contributed by atoms with E-state index in [1.165, 1.54) is 0 Å². The minimum absolute atomic E-state index is 0.112. The number of anilines is 1. The Kier molecular flexibility index (Phi) is 2.63. The molecule has 16 heavy (non-hydrogen) atoms. The van der Waals surface area contributed by atoms with Crippen LogP contribution in [-0.4, -0.2) is 26.1 Å². The average molecular weight is 217 g/mol. The van der Waals surface area contributed by atoms with E-state index in [4.69, 9.17) is 0 Å². The molecule has 0 aromatic carbocycles. The van der Waals surface area contributed by atoms with E-state index in [1.807, 2.05) is 13.0 Å². The van der Waals surface area contributed by atoms with Crippen molar-refractivity contribution in [1.29, 1.82) is 0 Å². The zero-order valence-electron chi connectivity index (χ0n) is 8.98. The molecule has 2 N–H and O–H groups in total. The number of pyridine rings is 1. The Morgan fingerprint density at radius 3 is 2.88 bits per heavy atom. The van der Waals surface area contributed by atoms with Crippen LogP contribution < -0.4 is 5.32 Å². The van der Waals surface area contributed by atoms with E-state index in [0.717, 1.165) is 5.56 Å².